The molecule has 1 aromatic rings. The van der Waals surface area contributed by atoms with Crippen molar-refractivity contribution < 1.29 is 9.59 Å². The van der Waals surface area contributed by atoms with Crippen molar-refractivity contribution in [1.29, 1.82) is 0 Å². The van der Waals surface area contributed by atoms with Gasteiger partial charge in [-0.25, -0.2) is 9.97 Å². The number of nitrogens with zero attached hydrogens (tertiary/aromatic N) is 2. The van der Waals surface area contributed by atoms with E-state index in [-0.39, 0.29) is 17.7 Å². The summed E-state index contributed by atoms with van der Waals surface area (Å²) in [6.45, 7) is 7.18. The Hall–Kier alpha value is -2.24. The molecule has 0 bridgehead atoms. The van der Waals surface area contributed by atoms with Gasteiger partial charge in [0.1, 0.15) is 6.33 Å². The van der Waals surface area contributed by atoms with Gasteiger partial charge >= 0.3 is 0 Å². The number of amides is 2. The molecule has 2 amide bonds. The Morgan fingerprint density at radius 1 is 1.17 bits per heavy atom. The quantitative estimate of drug-likeness (QED) is 0.689. The normalized spacial score (nSPS) is 25.0. The van der Waals surface area contributed by atoms with Crippen molar-refractivity contribution in [3.63, 3.8) is 0 Å². The standard InChI is InChI=1S/C23H34N4O2/c1-15(2)21-9-17(10-22(28)27-20-6-4-5-7-20)16(3)8-18(21)13-26-23(29)19-11-24-14-25-12-19/h8,11-12,14-15,17-18,20-21H,4-7,9-10,13H2,1-3H3,(H,26,29)(H,27,28)/t17-,18-,21-/m0/s1. The minimum absolute atomic E-state index is 0.141. The third kappa shape index (κ3) is 5.87. The lowest BCUT2D eigenvalue weighted by molar-refractivity contribution is -0.122. The van der Waals surface area contributed by atoms with E-state index < -0.39 is 0 Å². The van der Waals surface area contributed by atoms with E-state index in [0.717, 1.165) is 19.3 Å². The molecule has 0 unspecified atom stereocenters. The lowest BCUT2D eigenvalue weighted by Crippen LogP contribution is -2.38. The molecule has 6 nitrogen and oxygen atoms in total. The Bertz CT molecular complexity index is 726. The maximum Gasteiger partial charge on any atom is 0.254 e. The van der Waals surface area contributed by atoms with Gasteiger partial charge in [-0.3, -0.25) is 9.59 Å². The zero-order valence-electron chi connectivity index (χ0n) is 17.9. The lowest BCUT2D eigenvalue weighted by atomic mass is 9.69. The van der Waals surface area contributed by atoms with E-state index in [9.17, 15) is 9.59 Å². The van der Waals surface area contributed by atoms with Crippen LogP contribution in [0.4, 0.5) is 0 Å². The van der Waals surface area contributed by atoms with Crippen molar-refractivity contribution in [2.75, 3.05) is 6.54 Å². The van der Waals surface area contributed by atoms with Crippen LogP contribution in [0.3, 0.4) is 0 Å². The molecule has 1 aromatic heterocycles. The van der Waals surface area contributed by atoms with E-state index in [0.29, 0.717) is 42.3 Å². The van der Waals surface area contributed by atoms with Crippen LogP contribution in [0, 0.1) is 23.7 Å². The average molecular weight is 399 g/mol. The molecule has 0 aliphatic heterocycles. The summed E-state index contributed by atoms with van der Waals surface area (Å²) in [7, 11) is 0. The van der Waals surface area contributed by atoms with Crippen molar-refractivity contribution in [3.8, 4) is 0 Å². The highest BCUT2D eigenvalue weighted by Crippen LogP contribution is 2.38. The lowest BCUT2D eigenvalue weighted by Gasteiger charge is -2.37. The third-order valence-electron chi connectivity index (χ3n) is 6.56. The number of carbonyl (C=O) groups excluding carboxylic acids is 2. The molecular formula is C23H34N4O2. The molecule has 29 heavy (non-hydrogen) atoms. The number of rotatable bonds is 7. The second-order valence-corrected chi connectivity index (χ2v) is 9.01. The Morgan fingerprint density at radius 2 is 1.86 bits per heavy atom. The van der Waals surface area contributed by atoms with Crippen LogP contribution in [-0.4, -0.2) is 34.4 Å². The Morgan fingerprint density at radius 3 is 2.52 bits per heavy atom. The predicted octanol–water partition coefficient (Wildman–Crippen LogP) is 3.51. The first-order valence-corrected chi connectivity index (χ1v) is 10.9. The number of allylic oxidation sites excluding steroid dienone is 1. The molecule has 1 fully saturated rings. The SMILES string of the molecule is CC1=C[C@@H](CNC(=O)c2cncnc2)[C@H](C(C)C)C[C@H]1CC(=O)NC1CCCC1. The summed E-state index contributed by atoms with van der Waals surface area (Å²) >= 11 is 0. The molecule has 158 valence electrons. The molecule has 6 heteroatoms. The summed E-state index contributed by atoms with van der Waals surface area (Å²) in [4.78, 5) is 32.7. The third-order valence-corrected chi connectivity index (χ3v) is 6.56. The van der Waals surface area contributed by atoms with Crippen LogP contribution in [0.15, 0.2) is 30.4 Å². The first kappa shape index (κ1) is 21.5. The van der Waals surface area contributed by atoms with Gasteiger partial charge in [0.25, 0.3) is 5.91 Å². The predicted molar refractivity (Wildman–Crippen MR) is 113 cm³/mol. The minimum atomic E-state index is -0.141. The Balaban J connectivity index is 1.59. The van der Waals surface area contributed by atoms with Gasteiger partial charge in [-0.05, 0) is 49.9 Å². The first-order chi connectivity index (χ1) is 13.9. The van der Waals surface area contributed by atoms with Gasteiger partial charge in [-0.15, -0.1) is 0 Å². The summed E-state index contributed by atoms with van der Waals surface area (Å²) in [6, 6.07) is 0.376. The van der Waals surface area contributed by atoms with Crippen molar-refractivity contribution in [2.45, 2.75) is 65.3 Å². The van der Waals surface area contributed by atoms with Gasteiger partial charge in [0.05, 0.1) is 5.56 Å². The topological polar surface area (TPSA) is 84.0 Å². The van der Waals surface area contributed by atoms with E-state index in [2.05, 4.69) is 47.4 Å². The summed E-state index contributed by atoms with van der Waals surface area (Å²) in [5.41, 5.74) is 1.75. The zero-order chi connectivity index (χ0) is 20.8. The van der Waals surface area contributed by atoms with Gasteiger partial charge in [0, 0.05) is 31.4 Å². The fraction of sp³-hybridized carbons (Fsp3) is 0.652. The van der Waals surface area contributed by atoms with Crippen molar-refractivity contribution in [1.82, 2.24) is 20.6 Å². The second kappa shape index (κ2) is 9.99. The highest BCUT2D eigenvalue weighted by atomic mass is 16.2. The molecule has 0 spiro atoms. The molecule has 0 radical (unpaired) electrons. The largest absolute Gasteiger partial charge is 0.353 e. The van der Waals surface area contributed by atoms with Crippen LogP contribution in [0.1, 0.15) is 69.7 Å². The van der Waals surface area contributed by atoms with Crippen molar-refractivity contribution in [3.05, 3.63) is 35.9 Å². The molecule has 2 N–H and O–H groups in total. The maximum atomic E-state index is 12.5. The molecule has 3 rings (SSSR count). The molecule has 2 aliphatic carbocycles. The molecule has 0 saturated heterocycles. The highest BCUT2D eigenvalue weighted by molar-refractivity contribution is 5.93. The summed E-state index contributed by atoms with van der Waals surface area (Å²) < 4.78 is 0. The van der Waals surface area contributed by atoms with E-state index in [1.165, 1.54) is 37.1 Å². The van der Waals surface area contributed by atoms with Gasteiger partial charge in [-0.1, -0.05) is 38.3 Å². The number of carbonyl (C=O) groups is 2. The van der Waals surface area contributed by atoms with E-state index in [1.54, 1.807) is 0 Å². The van der Waals surface area contributed by atoms with Gasteiger partial charge in [0.15, 0.2) is 0 Å². The fourth-order valence-corrected chi connectivity index (χ4v) is 4.82. The molecule has 1 saturated carbocycles. The maximum absolute atomic E-state index is 12.5. The van der Waals surface area contributed by atoms with E-state index in [1.807, 2.05) is 0 Å². The average Bonchev–Trinajstić information content (AvgIpc) is 3.21. The summed E-state index contributed by atoms with van der Waals surface area (Å²) in [5, 5.41) is 6.26. The fourth-order valence-electron chi connectivity index (χ4n) is 4.82. The Kier molecular flexibility index (Phi) is 7.40. The number of aromatic nitrogens is 2. The van der Waals surface area contributed by atoms with Gasteiger partial charge in [-0.2, -0.15) is 0 Å². The minimum Gasteiger partial charge on any atom is -0.353 e. The van der Waals surface area contributed by atoms with Crippen LogP contribution in [0.25, 0.3) is 0 Å². The van der Waals surface area contributed by atoms with Crippen LogP contribution < -0.4 is 10.6 Å². The molecular weight excluding hydrogens is 364 g/mol. The number of hydrogen-bond donors (Lipinski definition) is 2. The van der Waals surface area contributed by atoms with Crippen LogP contribution >= 0.6 is 0 Å². The van der Waals surface area contributed by atoms with Gasteiger partial charge < -0.3 is 10.6 Å². The molecule has 1 heterocycles. The van der Waals surface area contributed by atoms with Crippen LogP contribution in [-0.2, 0) is 4.79 Å². The van der Waals surface area contributed by atoms with Crippen molar-refractivity contribution in [2.24, 2.45) is 23.7 Å². The second-order valence-electron chi connectivity index (χ2n) is 9.01. The zero-order valence-corrected chi connectivity index (χ0v) is 17.9. The van der Waals surface area contributed by atoms with E-state index >= 15 is 0 Å². The first-order valence-electron chi connectivity index (χ1n) is 10.9. The van der Waals surface area contributed by atoms with Crippen LogP contribution in [0.2, 0.25) is 0 Å². The monoisotopic (exact) mass is 398 g/mol. The molecule has 3 atom stereocenters. The highest BCUT2D eigenvalue weighted by Gasteiger charge is 2.33. The van der Waals surface area contributed by atoms with E-state index in [4.69, 9.17) is 0 Å². The molecule has 2 aliphatic rings. The summed E-state index contributed by atoms with van der Waals surface area (Å²) in [6.07, 6.45) is 13.0. The number of nitrogens with one attached hydrogen (secondary N) is 2. The number of hydrogen-bond acceptors (Lipinski definition) is 4. The smallest absolute Gasteiger partial charge is 0.254 e. The molecule has 0 aromatic carbocycles. The van der Waals surface area contributed by atoms with Gasteiger partial charge in [0.2, 0.25) is 5.91 Å². The summed E-state index contributed by atoms with van der Waals surface area (Å²) in [5.74, 6) is 1.54. The van der Waals surface area contributed by atoms with Crippen molar-refractivity contribution >= 4 is 11.8 Å². The van der Waals surface area contributed by atoms with Crippen LogP contribution in [0.5, 0.6) is 0 Å². The Labute approximate surface area is 174 Å².